The quantitative estimate of drug-likeness (QED) is 0.276. The lowest BCUT2D eigenvalue weighted by atomic mass is 9.92. The van der Waals surface area contributed by atoms with Gasteiger partial charge in [-0.25, -0.2) is 0 Å². The lowest BCUT2D eigenvalue weighted by molar-refractivity contribution is 0.800. The van der Waals surface area contributed by atoms with Gasteiger partial charge in [0.15, 0.2) is 0 Å². The van der Waals surface area contributed by atoms with E-state index in [1.165, 1.54) is 33.4 Å². The molecule has 0 N–H and O–H groups in total. The highest BCUT2D eigenvalue weighted by Crippen LogP contribution is 2.25. The Kier molecular flexibility index (Phi) is 9.20. The first-order chi connectivity index (χ1) is 16.0. The van der Waals surface area contributed by atoms with E-state index >= 15 is 0 Å². The normalized spacial score (nSPS) is 11.9. The average molecular weight is 434 g/mol. The van der Waals surface area contributed by atoms with Crippen LogP contribution in [0.25, 0.3) is 5.57 Å². The average Bonchev–Trinajstić information content (AvgIpc) is 2.85. The van der Waals surface area contributed by atoms with Gasteiger partial charge in [-0.15, -0.1) is 0 Å². The largest absolute Gasteiger partial charge is 0.264 e. The van der Waals surface area contributed by atoms with Gasteiger partial charge in [0.05, 0.1) is 0 Å². The summed E-state index contributed by atoms with van der Waals surface area (Å²) in [6, 6.07) is 23.3. The Hall–Kier alpha value is -3.45. The van der Waals surface area contributed by atoms with Crippen LogP contribution in [0.2, 0.25) is 0 Å². The molecule has 168 valence electrons. The molecule has 1 heterocycles. The van der Waals surface area contributed by atoms with Gasteiger partial charge >= 0.3 is 0 Å². The van der Waals surface area contributed by atoms with Gasteiger partial charge in [0.25, 0.3) is 0 Å². The Morgan fingerprint density at radius 1 is 0.848 bits per heavy atom. The molecule has 0 aliphatic rings. The maximum Gasteiger partial charge on any atom is 0.0346 e. The van der Waals surface area contributed by atoms with Gasteiger partial charge in [0.2, 0.25) is 0 Å². The Labute approximate surface area is 199 Å². The first-order valence-electron chi connectivity index (χ1n) is 11.8. The summed E-state index contributed by atoms with van der Waals surface area (Å²) in [5.74, 6) is 0. The summed E-state index contributed by atoms with van der Waals surface area (Å²) in [7, 11) is 0. The van der Waals surface area contributed by atoms with Crippen molar-refractivity contribution in [3.05, 3.63) is 143 Å². The summed E-state index contributed by atoms with van der Waals surface area (Å²) < 4.78 is 0. The van der Waals surface area contributed by atoms with Gasteiger partial charge < -0.3 is 0 Å². The van der Waals surface area contributed by atoms with E-state index in [9.17, 15) is 0 Å². The minimum absolute atomic E-state index is 0.943. The van der Waals surface area contributed by atoms with Crippen LogP contribution in [-0.4, -0.2) is 4.98 Å². The number of benzene rings is 2. The number of hydrogen-bond donors (Lipinski definition) is 0. The second kappa shape index (κ2) is 12.6. The SMILES string of the molecule is C=C(CCc1ccccc1)C(/C=C\C(=C)c1cccnc1)=C(/C)CCCc1ccccc1C. The summed E-state index contributed by atoms with van der Waals surface area (Å²) in [4.78, 5) is 4.22. The van der Waals surface area contributed by atoms with E-state index in [0.29, 0.717) is 0 Å². The van der Waals surface area contributed by atoms with Crippen LogP contribution < -0.4 is 0 Å². The van der Waals surface area contributed by atoms with Gasteiger partial charge in [-0.2, -0.15) is 0 Å². The molecule has 0 aliphatic heterocycles. The number of allylic oxidation sites excluding steroid dienone is 6. The van der Waals surface area contributed by atoms with E-state index in [2.05, 4.69) is 98.7 Å². The molecule has 0 radical (unpaired) electrons. The predicted molar refractivity (Wildman–Crippen MR) is 143 cm³/mol. The van der Waals surface area contributed by atoms with E-state index in [-0.39, 0.29) is 0 Å². The molecule has 0 saturated heterocycles. The molecule has 0 bridgehead atoms. The van der Waals surface area contributed by atoms with Gasteiger partial charge in [0, 0.05) is 12.4 Å². The third-order valence-electron chi connectivity index (χ3n) is 6.14. The lowest BCUT2D eigenvalue weighted by Gasteiger charge is -2.13. The minimum Gasteiger partial charge on any atom is -0.264 e. The van der Waals surface area contributed by atoms with Crippen molar-refractivity contribution in [2.24, 2.45) is 0 Å². The maximum atomic E-state index is 4.47. The van der Waals surface area contributed by atoms with Crippen molar-refractivity contribution in [2.75, 3.05) is 0 Å². The van der Waals surface area contributed by atoms with Crippen molar-refractivity contribution in [2.45, 2.75) is 46.0 Å². The van der Waals surface area contributed by atoms with Crippen LogP contribution in [0.15, 0.2) is 121 Å². The zero-order valence-corrected chi connectivity index (χ0v) is 20.1. The standard InChI is InChI=1S/C32H35N/c1-25-12-8-9-16-30(25)17-10-13-27(3)32(22-20-26(2)31-18-11-23-33-24-31)28(4)19-21-29-14-6-5-7-15-29/h5-9,11-12,14-16,18,20,22-24H,2,4,10,13,17,19,21H2,1,3H3/b22-20-,32-27-. The van der Waals surface area contributed by atoms with E-state index in [0.717, 1.165) is 43.2 Å². The van der Waals surface area contributed by atoms with E-state index in [1.54, 1.807) is 6.20 Å². The number of nitrogens with zero attached hydrogens (tertiary/aromatic N) is 1. The Bertz CT molecular complexity index is 1120. The van der Waals surface area contributed by atoms with Gasteiger partial charge in [-0.05, 0) is 91.0 Å². The van der Waals surface area contributed by atoms with E-state index < -0.39 is 0 Å². The number of rotatable bonds is 11. The van der Waals surface area contributed by atoms with Crippen molar-refractivity contribution in [1.29, 1.82) is 0 Å². The third kappa shape index (κ3) is 7.57. The third-order valence-corrected chi connectivity index (χ3v) is 6.14. The molecule has 1 aromatic heterocycles. The number of aryl methyl sites for hydroxylation is 3. The van der Waals surface area contributed by atoms with Crippen LogP contribution in [0, 0.1) is 6.92 Å². The molecule has 0 atom stereocenters. The van der Waals surface area contributed by atoms with Gasteiger partial charge in [-0.3, -0.25) is 4.98 Å². The number of hydrogen-bond acceptors (Lipinski definition) is 1. The fraction of sp³-hybridized carbons (Fsp3) is 0.219. The molecule has 33 heavy (non-hydrogen) atoms. The van der Waals surface area contributed by atoms with Crippen LogP contribution in [-0.2, 0) is 12.8 Å². The first kappa shape index (κ1) is 24.2. The highest BCUT2D eigenvalue weighted by molar-refractivity contribution is 5.72. The van der Waals surface area contributed by atoms with E-state index in [1.807, 2.05) is 18.3 Å². The molecule has 1 heteroatoms. The van der Waals surface area contributed by atoms with Crippen LogP contribution in [0.1, 0.15) is 48.4 Å². The second-order valence-electron chi connectivity index (χ2n) is 8.66. The highest BCUT2D eigenvalue weighted by Gasteiger charge is 2.07. The lowest BCUT2D eigenvalue weighted by Crippen LogP contribution is -1.96. The van der Waals surface area contributed by atoms with Crippen LogP contribution >= 0.6 is 0 Å². The molecule has 0 aliphatic carbocycles. The summed E-state index contributed by atoms with van der Waals surface area (Å²) >= 11 is 0. The molecule has 0 saturated carbocycles. The molecule has 3 aromatic rings. The van der Waals surface area contributed by atoms with Crippen molar-refractivity contribution in [3.63, 3.8) is 0 Å². The number of pyridine rings is 1. The summed E-state index contributed by atoms with van der Waals surface area (Å²) in [5.41, 5.74) is 9.98. The molecule has 0 unspecified atom stereocenters. The Morgan fingerprint density at radius 3 is 2.33 bits per heavy atom. The zero-order chi connectivity index (χ0) is 23.5. The van der Waals surface area contributed by atoms with Crippen molar-refractivity contribution in [3.8, 4) is 0 Å². The fourth-order valence-electron chi connectivity index (χ4n) is 4.04. The molecular weight excluding hydrogens is 398 g/mol. The second-order valence-corrected chi connectivity index (χ2v) is 8.66. The summed E-state index contributed by atoms with van der Waals surface area (Å²) in [5, 5.41) is 0. The molecule has 1 nitrogen and oxygen atoms in total. The summed E-state index contributed by atoms with van der Waals surface area (Å²) in [6.45, 7) is 13.2. The van der Waals surface area contributed by atoms with Crippen LogP contribution in [0.4, 0.5) is 0 Å². The van der Waals surface area contributed by atoms with Gasteiger partial charge in [-0.1, -0.05) is 91.5 Å². The van der Waals surface area contributed by atoms with Crippen molar-refractivity contribution >= 4 is 5.57 Å². The van der Waals surface area contributed by atoms with Gasteiger partial charge in [0.1, 0.15) is 0 Å². The molecule has 2 aromatic carbocycles. The summed E-state index contributed by atoms with van der Waals surface area (Å²) in [6.07, 6.45) is 13.2. The fourth-order valence-corrected chi connectivity index (χ4v) is 4.04. The molecule has 0 amide bonds. The highest BCUT2D eigenvalue weighted by atomic mass is 14.6. The van der Waals surface area contributed by atoms with Crippen molar-refractivity contribution in [1.82, 2.24) is 4.98 Å². The maximum absolute atomic E-state index is 4.47. The monoisotopic (exact) mass is 433 g/mol. The molecule has 0 fully saturated rings. The Morgan fingerprint density at radius 2 is 1.61 bits per heavy atom. The minimum atomic E-state index is 0.943. The van der Waals surface area contributed by atoms with E-state index in [4.69, 9.17) is 0 Å². The number of aromatic nitrogens is 1. The molecule has 3 rings (SSSR count). The predicted octanol–water partition coefficient (Wildman–Crippen LogP) is 8.49. The first-order valence-corrected chi connectivity index (χ1v) is 11.8. The molecule has 0 spiro atoms. The van der Waals surface area contributed by atoms with Crippen LogP contribution in [0.3, 0.4) is 0 Å². The topological polar surface area (TPSA) is 12.9 Å². The smallest absolute Gasteiger partial charge is 0.0346 e. The molecular formula is C32H35N. The zero-order valence-electron chi connectivity index (χ0n) is 20.1. The Balaban J connectivity index is 1.73. The van der Waals surface area contributed by atoms with Crippen LogP contribution in [0.5, 0.6) is 0 Å². The van der Waals surface area contributed by atoms with Crippen molar-refractivity contribution < 1.29 is 0 Å².